The largest absolute Gasteiger partial charge is 0.458 e. The minimum absolute atomic E-state index is 0.0412. The average molecular weight is 503 g/mol. The third kappa shape index (κ3) is 5.58. The van der Waals surface area contributed by atoms with Crippen molar-refractivity contribution >= 4 is 17.5 Å². The van der Waals surface area contributed by atoms with Crippen LogP contribution in [-0.4, -0.2) is 38.1 Å². The van der Waals surface area contributed by atoms with Gasteiger partial charge in [0.25, 0.3) is 5.91 Å². The summed E-state index contributed by atoms with van der Waals surface area (Å²) in [6.07, 6.45) is 3.87. The van der Waals surface area contributed by atoms with Gasteiger partial charge in [-0.05, 0) is 66.9 Å². The van der Waals surface area contributed by atoms with E-state index in [0.29, 0.717) is 22.8 Å². The maximum atomic E-state index is 13.8. The van der Waals surface area contributed by atoms with E-state index in [-0.39, 0.29) is 24.3 Å². The van der Waals surface area contributed by atoms with Crippen molar-refractivity contribution in [1.29, 1.82) is 0 Å². The standard InChI is InChI=1S/C27H27FN6O3/c1-18-11-16-23(37-18)26-30-32-33(31-26)17-24(35)34(22-9-3-2-4-10-22)25(19-12-14-20(28)15-13-19)27(36)29-21-7-5-6-8-21/h2-4,9-16,21,25H,5-8,17H2,1H3,(H,29,36). The molecule has 0 radical (unpaired) electrons. The van der Waals surface area contributed by atoms with E-state index in [4.69, 9.17) is 4.42 Å². The summed E-state index contributed by atoms with van der Waals surface area (Å²) in [6.45, 7) is 1.54. The first-order chi connectivity index (χ1) is 18.0. The van der Waals surface area contributed by atoms with Gasteiger partial charge in [0.1, 0.15) is 24.2 Å². The highest BCUT2D eigenvalue weighted by Crippen LogP contribution is 2.30. The van der Waals surface area contributed by atoms with E-state index in [9.17, 15) is 14.0 Å². The van der Waals surface area contributed by atoms with Gasteiger partial charge in [0.2, 0.25) is 11.7 Å². The van der Waals surface area contributed by atoms with Gasteiger partial charge in [0, 0.05) is 11.7 Å². The lowest BCUT2D eigenvalue weighted by Crippen LogP contribution is -2.47. The van der Waals surface area contributed by atoms with Crippen molar-refractivity contribution in [3.05, 3.63) is 83.9 Å². The molecule has 2 aromatic heterocycles. The molecule has 2 heterocycles. The van der Waals surface area contributed by atoms with Gasteiger partial charge in [-0.15, -0.1) is 10.2 Å². The molecule has 0 bridgehead atoms. The number of hydrogen-bond donors (Lipinski definition) is 1. The lowest BCUT2D eigenvalue weighted by atomic mass is 10.0. The number of anilines is 1. The number of hydrogen-bond acceptors (Lipinski definition) is 6. The van der Waals surface area contributed by atoms with Crippen molar-refractivity contribution in [2.45, 2.75) is 51.2 Å². The van der Waals surface area contributed by atoms with Crippen LogP contribution >= 0.6 is 0 Å². The molecule has 2 amide bonds. The Labute approximate surface area is 213 Å². The molecule has 190 valence electrons. The van der Waals surface area contributed by atoms with Crippen molar-refractivity contribution in [1.82, 2.24) is 25.5 Å². The Balaban J connectivity index is 1.48. The Morgan fingerprint density at radius 3 is 2.49 bits per heavy atom. The predicted molar refractivity (Wildman–Crippen MR) is 134 cm³/mol. The Kier molecular flexibility index (Phi) is 7.07. The molecule has 1 aliphatic carbocycles. The number of tetrazole rings is 1. The minimum atomic E-state index is -1.02. The van der Waals surface area contributed by atoms with Gasteiger partial charge in [0.15, 0.2) is 5.76 Å². The van der Waals surface area contributed by atoms with Gasteiger partial charge >= 0.3 is 0 Å². The summed E-state index contributed by atoms with van der Waals surface area (Å²) in [5.74, 6) is 0.213. The van der Waals surface area contributed by atoms with Crippen molar-refractivity contribution in [3.63, 3.8) is 0 Å². The normalized spacial score (nSPS) is 14.4. The smallest absolute Gasteiger partial charge is 0.251 e. The summed E-state index contributed by atoms with van der Waals surface area (Å²) >= 11 is 0. The summed E-state index contributed by atoms with van der Waals surface area (Å²) in [6, 6.07) is 17.1. The molecule has 1 aliphatic rings. The maximum Gasteiger partial charge on any atom is 0.251 e. The second kappa shape index (κ2) is 10.7. The van der Waals surface area contributed by atoms with E-state index in [0.717, 1.165) is 25.7 Å². The van der Waals surface area contributed by atoms with Crippen LogP contribution in [0.3, 0.4) is 0 Å². The number of halogens is 1. The van der Waals surface area contributed by atoms with Crippen LogP contribution in [0.2, 0.25) is 0 Å². The molecule has 4 aromatic rings. The Hall–Kier alpha value is -4.34. The number of aromatic nitrogens is 4. The molecule has 5 rings (SSSR count). The summed E-state index contributed by atoms with van der Waals surface area (Å²) in [5.41, 5.74) is 1.01. The molecule has 37 heavy (non-hydrogen) atoms. The van der Waals surface area contributed by atoms with Crippen LogP contribution < -0.4 is 10.2 Å². The van der Waals surface area contributed by atoms with Crippen LogP contribution in [0.4, 0.5) is 10.1 Å². The molecule has 0 spiro atoms. The van der Waals surface area contributed by atoms with Crippen LogP contribution in [0, 0.1) is 12.7 Å². The second-order valence-electron chi connectivity index (χ2n) is 9.10. The van der Waals surface area contributed by atoms with E-state index in [1.165, 1.54) is 34.0 Å². The fraction of sp³-hybridized carbons (Fsp3) is 0.296. The number of carbonyl (C=O) groups excluding carboxylic acids is 2. The van der Waals surface area contributed by atoms with Gasteiger partial charge in [-0.25, -0.2) is 4.39 Å². The molecular weight excluding hydrogens is 475 g/mol. The molecule has 1 N–H and O–H groups in total. The van der Waals surface area contributed by atoms with E-state index in [1.807, 2.05) is 6.07 Å². The van der Waals surface area contributed by atoms with Gasteiger partial charge in [-0.2, -0.15) is 4.80 Å². The van der Waals surface area contributed by atoms with Crippen molar-refractivity contribution in [2.75, 3.05) is 4.90 Å². The molecule has 1 atom stereocenters. The van der Waals surface area contributed by atoms with Crippen LogP contribution in [-0.2, 0) is 16.1 Å². The zero-order valence-corrected chi connectivity index (χ0v) is 20.4. The van der Waals surface area contributed by atoms with Crippen molar-refractivity contribution in [2.24, 2.45) is 0 Å². The van der Waals surface area contributed by atoms with E-state index in [1.54, 1.807) is 43.3 Å². The highest BCUT2D eigenvalue weighted by molar-refractivity contribution is 6.01. The van der Waals surface area contributed by atoms with E-state index >= 15 is 0 Å². The molecule has 0 saturated heterocycles. The van der Waals surface area contributed by atoms with Gasteiger partial charge in [-0.1, -0.05) is 43.2 Å². The lowest BCUT2D eigenvalue weighted by Gasteiger charge is -2.32. The first-order valence-corrected chi connectivity index (χ1v) is 12.3. The predicted octanol–water partition coefficient (Wildman–Crippen LogP) is 4.21. The number of aryl methyl sites for hydroxylation is 1. The number of nitrogens with zero attached hydrogens (tertiary/aromatic N) is 5. The first kappa shape index (κ1) is 24.4. The molecule has 10 heteroatoms. The minimum Gasteiger partial charge on any atom is -0.458 e. The number of amides is 2. The third-order valence-corrected chi connectivity index (χ3v) is 6.39. The van der Waals surface area contributed by atoms with Gasteiger partial charge < -0.3 is 9.73 Å². The first-order valence-electron chi connectivity index (χ1n) is 12.3. The molecule has 2 aromatic carbocycles. The van der Waals surface area contributed by atoms with Crippen LogP contribution in [0.15, 0.2) is 71.1 Å². The molecule has 1 unspecified atom stereocenters. The highest BCUT2D eigenvalue weighted by Gasteiger charge is 2.34. The molecule has 1 saturated carbocycles. The van der Waals surface area contributed by atoms with Crippen LogP contribution in [0.25, 0.3) is 11.6 Å². The summed E-state index contributed by atoms with van der Waals surface area (Å²) in [4.78, 5) is 30.1. The molecule has 0 aliphatic heterocycles. The molecule has 1 fully saturated rings. The monoisotopic (exact) mass is 502 g/mol. The zero-order chi connectivity index (χ0) is 25.8. The van der Waals surface area contributed by atoms with Gasteiger partial charge in [0.05, 0.1) is 0 Å². The summed E-state index contributed by atoms with van der Waals surface area (Å²) in [7, 11) is 0. The van der Waals surface area contributed by atoms with Crippen molar-refractivity contribution in [3.8, 4) is 11.6 Å². The maximum absolute atomic E-state index is 13.8. The Morgan fingerprint density at radius 2 is 1.81 bits per heavy atom. The average Bonchev–Trinajstić information content (AvgIpc) is 3.66. The number of furan rings is 1. The fourth-order valence-electron chi connectivity index (χ4n) is 4.60. The SMILES string of the molecule is Cc1ccc(-c2nnn(CC(=O)N(c3ccccc3)C(C(=O)NC3CCCC3)c3ccc(F)cc3)n2)o1. The number of rotatable bonds is 8. The fourth-order valence-corrected chi connectivity index (χ4v) is 4.60. The highest BCUT2D eigenvalue weighted by atomic mass is 19.1. The topological polar surface area (TPSA) is 106 Å². The number of nitrogens with one attached hydrogen (secondary N) is 1. The Bertz CT molecular complexity index is 1360. The second-order valence-corrected chi connectivity index (χ2v) is 9.10. The van der Waals surface area contributed by atoms with Crippen molar-refractivity contribution < 1.29 is 18.4 Å². The number of benzene rings is 2. The summed E-state index contributed by atoms with van der Waals surface area (Å²) in [5, 5.41) is 15.4. The lowest BCUT2D eigenvalue weighted by molar-refractivity contribution is -0.127. The quantitative estimate of drug-likeness (QED) is 0.387. The summed E-state index contributed by atoms with van der Waals surface area (Å²) < 4.78 is 19.3. The Morgan fingerprint density at radius 1 is 1.08 bits per heavy atom. The van der Waals surface area contributed by atoms with Gasteiger partial charge in [-0.3, -0.25) is 14.5 Å². The van der Waals surface area contributed by atoms with Crippen LogP contribution in [0.5, 0.6) is 0 Å². The molecular formula is C27H27FN6O3. The van der Waals surface area contributed by atoms with E-state index < -0.39 is 17.8 Å². The third-order valence-electron chi connectivity index (χ3n) is 6.39. The number of carbonyl (C=O) groups is 2. The molecule has 9 nitrogen and oxygen atoms in total. The number of para-hydroxylation sites is 1. The zero-order valence-electron chi connectivity index (χ0n) is 20.4. The van der Waals surface area contributed by atoms with Crippen LogP contribution in [0.1, 0.15) is 43.0 Å². The van der Waals surface area contributed by atoms with E-state index in [2.05, 4.69) is 20.7 Å².